The number of aromatic amines is 1. The zero-order valence-corrected chi connectivity index (χ0v) is 14.1. The van der Waals surface area contributed by atoms with Gasteiger partial charge < -0.3 is 15.2 Å². The van der Waals surface area contributed by atoms with Crippen LogP contribution >= 0.6 is 0 Å². The summed E-state index contributed by atoms with van der Waals surface area (Å²) in [6, 6.07) is 13.3. The lowest BCUT2D eigenvalue weighted by Gasteiger charge is -2.27. The third-order valence-electron chi connectivity index (χ3n) is 4.74. The van der Waals surface area contributed by atoms with Gasteiger partial charge >= 0.3 is 0 Å². The zero-order chi connectivity index (χ0) is 18.1. The van der Waals surface area contributed by atoms with Crippen LogP contribution in [0, 0.1) is 5.82 Å². The first-order valence-corrected chi connectivity index (χ1v) is 8.52. The molecule has 1 aromatic heterocycles. The highest BCUT2D eigenvalue weighted by Gasteiger charge is 2.24. The number of carbonyl (C=O) groups is 2. The Hall–Kier alpha value is -3.15. The number of carbonyl (C=O) groups excluding carboxylic acids is 2. The Balaban J connectivity index is 1.41. The molecule has 0 unspecified atom stereocenters. The van der Waals surface area contributed by atoms with Crippen molar-refractivity contribution in [1.82, 2.24) is 15.2 Å². The molecular weight excluding hydrogens is 333 g/mol. The van der Waals surface area contributed by atoms with E-state index in [4.69, 9.17) is 0 Å². The maximum atomic E-state index is 12.9. The average molecular weight is 351 g/mol. The minimum atomic E-state index is -0.402. The molecule has 5 nitrogen and oxygen atoms in total. The Labute approximate surface area is 149 Å². The van der Waals surface area contributed by atoms with E-state index in [1.165, 1.54) is 30.0 Å². The smallest absolute Gasteiger partial charge is 0.251 e. The molecule has 0 fully saturated rings. The summed E-state index contributed by atoms with van der Waals surface area (Å²) in [6.45, 7) is 1.07. The second kappa shape index (κ2) is 6.63. The van der Waals surface area contributed by atoms with Gasteiger partial charge in [-0.25, -0.2) is 4.39 Å². The van der Waals surface area contributed by atoms with Crippen molar-refractivity contribution >= 4 is 22.7 Å². The lowest BCUT2D eigenvalue weighted by atomic mass is 10.0. The maximum absolute atomic E-state index is 12.9. The van der Waals surface area contributed by atoms with Crippen LogP contribution in [0.2, 0.25) is 0 Å². The highest BCUT2D eigenvalue weighted by atomic mass is 19.1. The van der Waals surface area contributed by atoms with Gasteiger partial charge in [-0.15, -0.1) is 0 Å². The van der Waals surface area contributed by atoms with Crippen molar-refractivity contribution in [2.24, 2.45) is 0 Å². The molecule has 4 rings (SSSR count). The van der Waals surface area contributed by atoms with E-state index in [1.807, 2.05) is 18.2 Å². The lowest BCUT2D eigenvalue weighted by molar-refractivity contribution is -0.131. The van der Waals surface area contributed by atoms with Crippen LogP contribution in [0.3, 0.4) is 0 Å². The van der Waals surface area contributed by atoms with Crippen molar-refractivity contribution in [2.45, 2.75) is 13.0 Å². The van der Waals surface area contributed by atoms with Crippen LogP contribution in [0.5, 0.6) is 0 Å². The number of nitrogens with one attached hydrogen (secondary N) is 2. The Bertz CT molecular complexity index is 978. The van der Waals surface area contributed by atoms with E-state index in [0.29, 0.717) is 18.7 Å². The summed E-state index contributed by atoms with van der Waals surface area (Å²) in [5, 5.41) is 3.74. The summed E-state index contributed by atoms with van der Waals surface area (Å²) in [5.41, 5.74) is 3.73. The van der Waals surface area contributed by atoms with E-state index in [-0.39, 0.29) is 18.4 Å². The van der Waals surface area contributed by atoms with Gasteiger partial charge in [0.2, 0.25) is 5.91 Å². The van der Waals surface area contributed by atoms with Gasteiger partial charge in [0, 0.05) is 47.2 Å². The van der Waals surface area contributed by atoms with Crippen LogP contribution in [-0.4, -0.2) is 34.8 Å². The van der Waals surface area contributed by atoms with Crippen LogP contribution in [0.15, 0.2) is 48.5 Å². The van der Waals surface area contributed by atoms with E-state index in [2.05, 4.69) is 16.4 Å². The fourth-order valence-electron chi connectivity index (χ4n) is 3.35. The summed E-state index contributed by atoms with van der Waals surface area (Å²) in [7, 11) is 0. The molecule has 2 aromatic carbocycles. The van der Waals surface area contributed by atoms with Gasteiger partial charge in [-0.3, -0.25) is 9.59 Å². The number of benzene rings is 2. The number of H-pyrrole nitrogens is 1. The summed E-state index contributed by atoms with van der Waals surface area (Å²) in [5.74, 6) is -0.917. The molecular formula is C20H18FN3O2. The monoisotopic (exact) mass is 351 g/mol. The predicted molar refractivity (Wildman–Crippen MR) is 96.2 cm³/mol. The molecule has 1 aliphatic heterocycles. The fourth-order valence-corrected chi connectivity index (χ4v) is 3.35. The number of hydrogen-bond acceptors (Lipinski definition) is 2. The largest absolute Gasteiger partial charge is 0.358 e. The summed E-state index contributed by atoms with van der Waals surface area (Å²) in [4.78, 5) is 29.7. The molecule has 3 aromatic rings. The molecule has 0 aliphatic carbocycles. The normalized spacial score (nSPS) is 13.5. The average Bonchev–Trinajstić information content (AvgIpc) is 3.04. The SMILES string of the molecule is O=C(NCC(=O)N1CCc2[nH]c3ccccc3c2C1)c1ccc(F)cc1. The lowest BCUT2D eigenvalue weighted by Crippen LogP contribution is -2.42. The van der Waals surface area contributed by atoms with Gasteiger partial charge in [-0.2, -0.15) is 0 Å². The third kappa shape index (κ3) is 3.06. The minimum Gasteiger partial charge on any atom is -0.358 e. The Kier molecular flexibility index (Phi) is 4.16. The van der Waals surface area contributed by atoms with E-state index < -0.39 is 5.82 Å². The number of para-hydroxylation sites is 1. The molecule has 2 amide bonds. The van der Waals surface area contributed by atoms with E-state index in [0.717, 1.165) is 22.9 Å². The highest BCUT2D eigenvalue weighted by Crippen LogP contribution is 2.27. The second-order valence-corrected chi connectivity index (χ2v) is 6.38. The molecule has 2 N–H and O–H groups in total. The summed E-state index contributed by atoms with van der Waals surface area (Å²) >= 11 is 0. The van der Waals surface area contributed by atoms with Crippen molar-refractivity contribution < 1.29 is 14.0 Å². The quantitative estimate of drug-likeness (QED) is 0.762. The molecule has 2 heterocycles. The number of hydrogen-bond donors (Lipinski definition) is 2. The molecule has 0 radical (unpaired) electrons. The van der Waals surface area contributed by atoms with E-state index in [9.17, 15) is 14.0 Å². The van der Waals surface area contributed by atoms with Gasteiger partial charge in [-0.1, -0.05) is 18.2 Å². The zero-order valence-electron chi connectivity index (χ0n) is 14.1. The van der Waals surface area contributed by atoms with Gasteiger partial charge in [0.25, 0.3) is 5.91 Å². The molecule has 0 saturated heterocycles. The van der Waals surface area contributed by atoms with Crippen LogP contribution in [0.25, 0.3) is 10.9 Å². The van der Waals surface area contributed by atoms with Crippen molar-refractivity contribution in [1.29, 1.82) is 0 Å². The van der Waals surface area contributed by atoms with Crippen molar-refractivity contribution in [3.8, 4) is 0 Å². The first-order chi connectivity index (χ1) is 12.6. The Morgan fingerprint density at radius 3 is 2.69 bits per heavy atom. The molecule has 0 atom stereocenters. The van der Waals surface area contributed by atoms with Gasteiger partial charge in [0.05, 0.1) is 6.54 Å². The van der Waals surface area contributed by atoms with Crippen LogP contribution < -0.4 is 5.32 Å². The molecule has 6 heteroatoms. The second-order valence-electron chi connectivity index (χ2n) is 6.38. The number of fused-ring (bicyclic) bond motifs is 3. The van der Waals surface area contributed by atoms with E-state index in [1.54, 1.807) is 4.90 Å². The maximum Gasteiger partial charge on any atom is 0.251 e. The van der Waals surface area contributed by atoms with Crippen LogP contribution in [0.4, 0.5) is 4.39 Å². The van der Waals surface area contributed by atoms with Gasteiger partial charge in [0.15, 0.2) is 0 Å². The van der Waals surface area contributed by atoms with Crippen molar-refractivity contribution in [3.05, 3.63) is 71.2 Å². The van der Waals surface area contributed by atoms with E-state index >= 15 is 0 Å². The van der Waals surface area contributed by atoms with Gasteiger partial charge in [-0.05, 0) is 30.3 Å². The summed E-state index contributed by atoms with van der Waals surface area (Å²) in [6.07, 6.45) is 0.766. The first-order valence-electron chi connectivity index (χ1n) is 8.52. The molecule has 26 heavy (non-hydrogen) atoms. The highest BCUT2D eigenvalue weighted by molar-refractivity contribution is 5.96. The van der Waals surface area contributed by atoms with Crippen LogP contribution in [0.1, 0.15) is 21.6 Å². The molecule has 0 saturated carbocycles. The standard InChI is InChI=1S/C20H18FN3O2/c21-14-7-5-13(6-8-14)20(26)22-11-19(25)24-10-9-18-16(12-24)15-3-1-2-4-17(15)23-18/h1-8,23H,9-12H2,(H,22,26). The van der Waals surface area contributed by atoms with Crippen molar-refractivity contribution in [2.75, 3.05) is 13.1 Å². The number of halogens is 1. The number of rotatable bonds is 3. The number of aromatic nitrogens is 1. The summed E-state index contributed by atoms with van der Waals surface area (Å²) < 4.78 is 12.9. The molecule has 1 aliphatic rings. The minimum absolute atomic E-state index is 0.0755. The number of amides is 2. The number of nitrogens with zero attached hydrogens (tertiary/aromatic N) is 1. The predicted octanol–water partition coefficient (Wildman–Crippen LogP) is 2.62. The Morgan fingerprint density at radius 1 is 1.12 bits per heavy atom. The molecule has 132 valence electrons. The molecule has 0 bridgehead atoms. The first kappa shape index (κ1) is 16.3. The third-order valence-corrected chi connectivity index (χ3v) is 4.74. The van der Waals surface area contributed by atoms with Crippen LogP contribution in [-0.2, 0) is 17.8 Å². The fraction of sp³-hybridized carbons (Fsp3) is 0.200. The van der Waals surface area contributed by atoms with Gasteiger partial charge in [0.1, 0.15) is 5.82 Å². The topological polar surface area (TPSA) is 65.2 Å². The van der Waals surface area contributed by atoms with Crippen molar-refractivity contribution in [3.63, 3.8) is 0 Å². The molecule has 0 spiro atoms. The Morgan fingerprint density at radius 2 is 1.88 bits per heavy atom.